The number of anilines is 3. The van der Waals surface area contributed by atoms with Crippen molar-refractivity contribution in [1.29, 1.82) is 5.26 Å². The molecule has 0 saturated heterocycles. The van der Waals surface area contributed by atoms with Crippen molar-refractivity contribution in [2.75, 3.05) is 18.2 Å². The third-order valence-corrected chi connectivity index (χ3v) is 5.08. The highest BCUT2D eigenvalue weighted by Gasteiger charge is 2.12. The minimum atomic E-state index is -0.457. The van der Waals surface area contributed by atoms with Gasteiger partial charge in [-0.2, -0.15) is 20.2 Å². The molecular formula is C26H21N7O4. The Morgan fingerprint density at radius 1 is 1.08 bits per heavy atom. The van der Waals surface area contributed by atoms with Gasteiger partial charge in [-0.1, -0.05) is 24.3 Å². The second-order valence-corrected chi connectivity index (χ2v) is 7.62. The lowest BCUT2D eigenvalue weighted by molar-refractivity contribution is -0.384. The summed E-state index contributed by atoms with van der Waals surface area (Å²) in [5.41, 5.74) is 8.21. The van der Waals surface area contributed by atoms with E-state index in [0.29, 0.717) is 17.1 Å². The number of hydrogen-bond acceptors (Lipinski definition) is 10. The predicted octanol–water partition coefficient (Wildman–Crippen LogP) is 4.76. The van der Waals surface area contributed by atoms with Gasteiger partial charge in [0.2, 0.25) is 11.9 Å². The van der Waals surface area contributed by atoms with Crippen LogP contribution in [0, 0.1) is 21.4 Å². The maximum absolute atomic E-state index is 10.8. The molecule has 184 valence electrons. The van der Waals surface area contributed by atoms with E-state index in [4.69, 9.17) is 15.2 Å². The summed E-state index contributed by atoms with van der Waals surface area (Å²) >= 11 is 0. The van der Waals surface area contributed by atoms with E-state index in [1.165, 1.54) is 19.2 Å². The topological polar surface area (TPSA) is 162 Å². The van der Waals surface area contributed by atoms with Gasteiger partial charge in [-0.05, 0) is 53.6 Å². The van der Waals surface area contributed by atoms with E-state index >= 15 is 0 Å². The summed E-state index contributed by atoms with van der Waals surface area (Å²) in [5, 5.41) is 23.6. The van der Waals surface area contributed by atoms with E-state index in [1.54, 1.807) is 36.4 Å². The molecule has 11 heteroatoms. The minimum absolute atomic E-state index is 0.00803. The third-order valence-electron chi connectivity index (χ3n) is 5.08. The first-order chi connectivity index (χ1) is 17.9. The number of nitro groups is 1. The lowest BCUT2D eigenvalue weighted by Gasteiger charge is -2.12. The maximum atomic E-state index is 10.8. The summed E-state index contributed by atoms with van der Waals surface area (Å²) < 4.78 is 11.3. The summed E-state index contributed by atoms with van der Waals surface area (Å²) in [4.78, 5) is 22.9. The zero-order valence-electron chi connectivity index (χ0n) is 19.7. The molecule has 0 aliphatic rings. The Morgan fingerprint density at radius 3 is 2.51 bits per heavy atom. The van der Waals surface area contributed by atoms with Crippen LogP contribution in [0.4, 0.5) is 23.3 Å². The molecule has 3 aromatic carbocycles. The molecule has 11 nitrogen and oxygen atoms in total. The van der Waals surface area contributed by atoms with E-state index in [0.717, 1.165) is 11.3 Å². The Kier molecular flexibility index (Phi) is 7.51. The summed E-state index contributed by atoms with van der Waals surface area (Å²) in [6, 6.07) is 22.6. The van der Waals surface area contributed by atoms with Gasteiger partial charge in [0.15, 0.2) is 17.3 Å². The van der Waals surface area contributed by atoms with Crippen LogP contribution in [0.5, 0.6) is 11.5 Å². The number of nitro benzene ring substituents is 1. The molecule has 37 heavy (non-hydrogen) atoms. The van der Waals surface area contributed by atoms with E-state index < -0.39 is 4.92 Å². The van der Waals surface area contributed by atoms with Gasteiger partial charge < -0.3 is 20.5 Å². The number of allylic oxidation sites excluding steroid dienone is 1. The molecule has 1 aromatic heterocycles. The Labute approximate surface area is 212 Å². The number of hydrogen-bond donors (Lipinski definition) is 2. The van der Waals surface area contributed by atoms with Crippen LogP contribution in [-0.2, 0) is 6.61 Å². The molecule has 0 radical (unpaired) electrons. The number of nitrogens with zero attached hydrogens (tertiary/aromatic N) is 5. The van der Waals surface area contributed by atoms with E-state index in [2.05, 4.69) is 26.3 Å². The predicted molar refractivity (Wildman–Crippen MR) is 138 cm³/mol. The fourth-order valence-corrected chi connectivity index (χ4v) is 3.30. The molecule has 0 fully saturated rings. The van der Waals surface area contributed by atoms with Crippen LogP contribution in [0.15, 0.2) is 72.8 Å². The molecule has 0 aliphatic carbocycles. The molecular weight excluding hydrogens is 474 g/mol. The second-order valence-electron chi connectivity index (χ2n) is 7.62. The van der Waals surface area contributed by atoms with E-state index in [-0.39, 0.29) is 35.6 Å². The smallest absolute Gasteiger partial charge is 0.269 e. The van der Waals surface area contributed by atoms with Gasteiger partial charge in [0.1, 0.15) is 12.7 Å². The minimum Gasteiger partial charge on any atom is -0.493 e. The van der Waals surface area contributed by atoms with Crippen LogP contribution >= 0.6 is 0 Å². The van der Waals surface area contributed by atoms with Crippen LogP contribution < -0.4 is 20.5 Å². The average molecular weight is 495 g/mol. The molecule has 0 amide bonds. The molecule has 1 heterocycles. The first-order valence-corrected chi connectivity index (χ1v) is 10.9. The van der Waals surface area contributed by atoms with E-state index in [9.17, 15) is 15.4 Å². The lowest BCUT2D eigenvalue weighted by Crippen LogP contribution is -2.06. The number of para-hydroxylation sites is 1. The highest BCUT2D eigenvalue weighted by molar-refractivity contribution is 5.87. The Balaban J connectivity index is 1.54. The van der Waals surface area contributed by atoms with Gasteiger partial charge in [-0.15, -0.1) is 0 Å². The molecule has 0 spiro atoms. The SMILES string of the molecule is COc1cc(/C=C(/C#N)c2nc(N)nc(Nc3ccccc3)n2)ccc1OCc1ccc([N+](=O)[O-])cc1. The summed E-state index contributed by atoms with van der Waals surface area (Å²) in [6.07, 6.45) is 1.60. The number of nitrogens with one attached hydrogen (secondary N) is 1. The van der Waals surface area contributed by atoms with Crippen LogP contribution in [0.1, 0.15) is 17.0 Å². The summed E-state index contributed by atoms with van der Waals surface area (Å²) in [5.74, 6) is 1.20. The highest BCUT2D eigenvalue weighted by Crippen LogP contribution is 2.30. The van der Waals surface area contributed by atoms with Crippen molar-refractivity contribution in [2.24, 2.45) is 0 Å². The number of nitrogen functional groups attached to an aromatic ring is 1. The molecule has 4 aromatic rings. The number of nitrogens with two attached hydrogens (primary N) is 1. The number of non-ortho nitro benzene ring substituents is 1. The van der Waals surface area contributed by atoms with Crippen molar-refractivity contribution in [3.05, 3.63) is 99.9 Å². The molecule has 4 rings (SSSR count). The monoisotopic (exact) mass is 495 g/mol. The van der Waals surface area contributed by atoms with Crippen LogP contribution in [0.2, 0.25) is 0 Å². The Morgan fingerprint density at radius 2 is 1.84 bits per heavy atom. The summed E-state index contributed by atoms with van der Waals surface area (Å²) in [7, 11) is 1.50. The van der Waals surface area contributed by atoms with Gasteiger partial charge in [0, 0.05) is 17.8 Å². The van der Waals surface area contributed by atoms with E-state index in [1.807, 2.05) is 30.3 Å². The lowest BCUT2D eigenvalue weighted by atomic mass is 10.1. The molecule has 0 saturated carbocycles. The van der Waals surface area contributed by atoms with Crippen LogP contribution in [0.3, 0.4) is 0 Å². The summed E-state index contributed by atoms with van der Waals surface area (Å²) in [6.45, 7) is 0.189. The average Bonchev–Trinajstić information content (AvgIpc) is 2.91. The number of methoxy groups -OCH3 is 1. The molecule has 3 N–H and O–H groups in total. The van der Waals surface area contributed by atoms with Crippen molar-refractivity contribution in [2.45, 2.75) is 6.61 Å². The van der Waals surface area contributed by atoms with Crippen molar-refractivity contribution in [3.8, 4) is 17.6 Å². The first-order valence-electron chi connectivity index (χ1n) is 10.9. The van der Waals surface area contributed by atoms with Gasteiger partial charge in [-0.3, -0.25) is 10.1 Å². The Hall–Kier alpha value is -5.50. The standard InChI is InChI=1S/C26H21N7O4/c1-36-23-14-18(9-12-22(23)37-16-17-7-10-21(11-8-17)33(34)35)13-19(15-27)24-30-25(28)32-26(31-24)29-20-5-3-2-4-6-20/h2-14H,16H2,1H3,(H3,28,29,30,31,32)/b19-13-. The quantitative estimate of drug-likeness (QED) is 0.188. The fraction of sp³-hybridized carbons (Fsp3) is 0.0769. The number of rotatable bonds is 9. The molecule has 0 bridgehead atoms. The normalized spacial score (nSPS) is 10.9. The van der Waals surface area contributed by atoms with Gasteiger partial charge in [0.05, 0.1) is 17.6 Å². The fourth-order valence-electron chi connectivity index (χ4n) is 3.30. The maximum Gasteiger partial charge on any atom is 0.269 e. The Bertz CT molecular complexity index is 1480. The highest BCUT2D eigenvalue weighted by atomic mass is 16.6. The number of aromatic nitrogens is 3. The van der Waals surface area contributed by atoms with Crippen molar-refractivity contribution in [1.82, 2.24) is 15.0 Å². The molecule has 0 atom stereocenters. The number of benzene rings is 3. The zero-order chi connectivity index (χ0) is 26.2. The largest absolute Gasteiger partial charge is 0.493 e. The second kappa shape index (κ2) is 11.3. The number of nitriles is 1. The van der Waals surface area contributed by atoms with Crippen LogP contribution in [-0.4, -0.2) is 27.0 Å². The molecule has 0 unspecified atom stereocenters. The zero-order valence-corrected chi connectivity index (χ0v) is 19.7. The third kappa shape index (κ3) is 6.34. The van der Waals surface area contributed by atoms with Crippen molar-refractivity contribution in [3.63, 3.8) is 0 Å². The van der Waals surface area contributed by atoms with Gasteiger partial charge in [0.25, 0.3) is 5.69 Å². The van der Waals surface area contributed by atoms with Crippen molar-refractivity contribution >= 4 is 34.9 Å². The number of ether oxygens (including phenoxy) is 2. The van der Waals surface area contributed by atoms with Gasteiger partial charge in [-0.25, -0.2) is 0 Å². The van der Waals surface area contributed by atoms with Crippen molar-refractivity contribution < 1.29 is 14.4 Å². The van der Waals surface area contributed by atoms with Crippen LogP contribution in [0.25, 0.3) is 11.6 Å². The molecule has 0 aliphatic heterocycles. The first kappa shape index (κ1) is 24.6. The van der Waals surface area contributed by atoms with Gasteiger partial charge >= 0.3 is 0 Å².